The van der Waals surface area contributed by atoms with Gasteiger partial charge in [0.05, 0.1) is 5.56 Å². The maximum absolute atomic E-state index is 13.1. The van der Waals surface area contributed by atoms with Crippen LogP contribution in [0.25, 0.3) is 16.8 Å². The Morgan fingerprint density at radius 2 is 1.73 bits per heavy atom. The summed E-state index contributed by atoms with van der Waals surface area (Å²) in [6.07, 6.45) is 5.58. The van der Waals surface area contributed by atoms with Crippen LogP contribution < -0.4 is 16.4 Å². The number of nitrogens with one attached hydrogen (secondary N) is 2. The van der Waals surface area contributed by atoms with Crippen LogP contribution >= 0.6 is 11.3 Å². The van der Waals surface area contributed by atoms with E-state index in [1.165, 1.54) is 11.3 Å². The number of anilines is 2. The lowest BCUT2D eigenvalue weighted by Gasteiger charge is -2.28. The molecule has 0 unspecified atom stereocenters. The quantitative estimate of drug-likeness (QED) is 0.229. The Labute approximate surface area is 252 Å². The minimum atomic E-state index is -4.55. The van der Waals surface area contributed by atoms with Gasteiger partial charge in [-0.3, -0.25) is 14.0 Å². The fraction of sp³-hybridized carbons (Fsp3) is 0.267. The number of thiazole rings is 1. The number of amides is 2. The molecule has 2 fully saturated rings. The molecule has 0 aliphatic heterocycles. The Morgan fingerprint density at radius 1 is 0.955 bits per heavy atom. The van der Waals surface area contributed by atoms with Crippen LogP contribution in [0.3, 0.4) is 0 Å². The molecule has 2 aliphatic carbocycles. The summed E-state index contributed by atoms with van der Waals surface area (Å²) >= 11 is 1.31. The lowest BCUT2D eigenvalue weighted by atomic mass is 9.83. The smallest absolute Gasteiger partial charge is 0.382 e. The van der Waals surface area contributed by atoms with Crippen LogP contribution in [-0.2, 0) is 11.6 Å². The summed E-state index contributed by atoms with van der Waals surface area (Å²) in [5.41, 5.74) is 7.01. The number of alkyl halides is 3. The highest BCUT2D eigenvalue weighted by Gasteiger charge is 2.57. The molecule has 2 saturated carbocycles. The fourth-order valence-corrected chi connectivity index (χ4v) is 7.12. The lowest BCUT2D eigenvalue weighted by molar-refractivity contribution is -0.137. The largest absolute Gasteiger partial charge is 0.416 e. The highest BCUT2D eigenvalue weighted by Crippen LogP contribution is 2.57. The summed E-state index contributed by atoms with van der Waals surface area (Å²) in [7, 11) is 0. The van der Waals surface area contributed by atoms with E-state index in [-0.39, 0.29) is 28.2 Å². The third-order valence-corrected chi connectivity index (χ3v) is 9.42. The standard InChI is InChI=1S/C30H25F3N8O2S/c31-30(32,33)19-5-10-35-20(15-19)38-24(42)18-3-1-17(2-4-18)21-22-23(34)36-11-13-41(22)27(39-21)28-6-8-29(16-28,9-7-28)40-25(43)26-37-12-14-44-26/h1-5,10-15H,6-9,16H2,(H2,34,36)(H,40,43)(H,35,38,42). The van der Waals surface area contributed by atoms with Crippen LogP contribution in [0.5, 0.6) is 0 Å². The molecular formula is C30H25F3N8O2S. The zero-order chi connectivity index (χ0) is 30.7. The topological polar surface area (TPSA) is 140 Å². The maximum atomic E-state index is 13.1. The number of halogens is 3. The van der Waals surface area contributed by atoms with E-state index >= 15 is 0 Å². The van der Waals surface area contributed by atoms with Gasteiger partial charge in [0.25, 0.3) is 11.8 Å². The molecule has 5 aromatic rings. The monoisotopic (exact) mass is 618 g/mol. The van der Waals surface area contributed by atoms with Gasteiger partial charge in [-0.2, -0.15) is 13.2 Å². The molecule has 0 saturated heterocycles. The number of nitrogen functional groups attached to an aromatic ring is 1. The van der Waals surface area contributed by atoms with Crippen molar-refractivity contribution >= 4 is 40.3 Å². The number of pyridine rings is 1. The zero-order valence-electron chi connectivity index (χ0n) is 23.1. The number of carbonyl (C=O) groups is 2. The third kappa shape index (κ3) is 4.75. The van der Waals surface area contributed by atoms with E-state index in [0.717, 1.165) is 56.3 Å². The summed E-state index contributed by atoms with van der Waals surface area (Å²) in [6.45, 7) is 0. The number of nitrogens with two attached hydrogens (primary N) is 1. The average Bonchev–Trinajstić information content (AvgIpc) is 3.80. The van der Waals surface area contributed by atoms with Crippen molar-refractivity contribution in [3.63, 3.8) is 0 Å². The van der Waals surface area contributed by atoms with E-state index in [1.54, 1.807) is 42.0 Å². The molecule has 10 nitrogen and oxygen atoms in total. The van der Waals surface area contributed by atoms with Crippen molar-refractivity contribution in [2.24, 2.45) is 0 Å². The second-order valence-electron chi connectivity index (χ2n) is 11.3. The average molecular weight is 619 g/mol. The van der Waals surface area contributed by atoms with Crippen molar-refractivity contribution in [2.75, 3.05) is 11.1 Å². The first-order valence-corrected chi connectivity index (χ1v) is 14.7. The normalized spacial score (nSPS) is 21.1. The van der Waals surface area contributed by atoms with Crippen molar-refractivity contribution in [2.45, 2.75) is 49.2 Å². The summed E-state index contributed by atoms with van der Waals surface area (Å²) in [6, 6.07) is 8.19. The molecule has 2 bridgehead atoms. The Kier molecular flexibility index (Phi) is 6.43. The van der Waals surface area contributed by atoms with E-state index in [9.17, 15) is 22.8 Å². The van der Waals surface area contributed by atoms with Gasteiger partial charge in [0.15, 0.2) is 5.01 Å². The molecule has 44 heavy (non-hydrogen) atoms. The highest BCUT2D eigenvalue weighted by molar-refractivity contribution is 7.11. The van der Waals surface area contributed by atoms with Gasteiger partial charge in [-0.05, 0) is 56.4 Å². The second kappa shape index (κ2) is 10.1. The molecule has 224 valence electrons. The van der Waals surface area contributed by atoms with Crippen LogP contribution in [0.1, 0.15) is 63.7 Å². The maximum Gasteiger partial charge on any atom is 0.416 e. The van der Waals surface area contributed by atoms with Gasteiger partial charge in [0.2, 0.25) is 0 Å². The molecule has 4 N–H and O–H groups in total. The van der Waals surface area contributed by atoms with Gasteiger partial charge in [0, 0.05) is 52.2 Å². The molecule has 0 atom stereocenters. The molecule has 2 aliphatic rings. The van der Waals surface area contributed by atoms with Crippen LogP contribution in [0, 0.1) is 0 Å². The van der Waals surface area contributed by atoms with Crippen molar-refractivity contribution < 1.29 is 22.8 Å². The van der Waals surface area contributed by atoms with Gasteiger partial charge in [0.1, 0.15) is 28.7 Å². The molecule has 7 rings (SSSR count). The number of benzene rings is 1. The number of imidazole rings is 1. The van der Waals surface area contributed by atoms with Gasteiger partial charge in [-0.15, -0.1) is 11.3 Å². The van der Waals surface area contributed by atoms with E-state index in [4.69, 9.17) is 10.7 Å². The molecule has 0 spiro atoms. The van der Waals surface area contributed by atoms with Gasteiger partial charge >= 0.3 is 6.18 Å². The van der Waals surface area contributed by atoms with Gasteiger partial charge < -0.3 is 16.4 Å². The molecular weight excluding hydrogens is 593 g/mol. The Bertz CT molecular complexity index is 1900. The molecule has 4 heterocycles. The van der Waals surface area contributed by atoms with Gasteiger partial charge in [-0.25, -0.2) is 19.9 Å². The summed E-state index contributed by atoms with van der Waals surface area (Å²) < 4.78 is 41.2. The van der Waals surface area contributed by atoms with Gasteiger partial charge in [-0.1, -0.05) is 12.1 Å². The van der Waals surface area contributed by atoms with E-state index in [2.05, 4.69) is 25.6 Å². The second-order valence-corrected chi connectivity index (χ2v) is 12.2. The molecule has 4 aromatic heterocycles. The van der Waals surface area contributed by atoms with E-state index < -0.39 is 17.6 Å². The SMILES string of the molecule is Nc1nccn2c(C34CCC(NC(=O)c5nccs5)(CC3)C4)nc(-c3ccc(C(=O)Nc4cc(C(F)(F)F)ccn4)cc3)c12. The van der Waals surface area contributed by atoms with Crippen LogP contribution in [0.4, 0.5) is 24.8 Å². The van der Waals surface area contributed by atoms with Crippen molar-refractivity contribution in [1.29, 1.82) is 0 Å². The predicted molar refractivity (Wildman–Crippen MR) is 157 cm³/mol. The van der Waals surface area contributed by atoms with Crippen molar-refractivity contribution in [1.82, 2.24) is 29.7 Å². The molecule has 1 aromatic carbocycles. The zero-order valence-corrected chi connectivity index (χ0v) is 23.9. The number of carbonyl (C=O) groups excluding carboxylic acids is 2. The number of hydrogen-bond acceptors (Lipinski definition) is 8. The summed E-state index contributed by atoms with van der Waals surface area (Å²) in [5, 5.41) is 7.90. The van der Waals surface area contributed by atoms with Crippen LogP contribution in [0.15, 0.2) is 66.6 Å². The number of fused-ring (bicyclic) bond motifs is 3. The van der Waals surface area contributed by atoms with Crippen molar-refractivity contribution in [3.05, 3.63) is 88.5 Å². The first-order valence-electron chi connectivity index (χ1n) is 13.9. The third-order valence-electron chi connectivity index (χ3n) is 8.65. The minimum Gasteiger partial charge on any atom is -0.382 e. The van der Waals surface area contributed by atoms with Crippen LogP contribution in [0.2, 0.25) is 0 Å². The molecule has 14 heteroatoms. The van der Waals surface area contributed by atoms with Crippen LogP contribution in [-0.4, -0.2) is 41.7 Å². The lowest BCUT2D eigenvalue weighted by Crippen LogP contribution is -2.44. The Hall–Kier alpha value is -4.85. The highest BCUT2D eigenvalue weighted by atomic mass is 32.1. The minimum absolute atomic E-state index is 0.159. The number of nitrogens with zero attached hydrogens (tertiary/aromatic N) is 5. The molecule has 2 amide bonds. The number of rotatable bonds is 6. The fourth-order valence-electron chi connectivity index (χ4n) is 6.59. The first kappa shape index (κ1) is 28.0. The summed E-state index contributed by atoms with van der Waals surface area (Å²) in [5.74, 6) is 0.176. The molecule has 0 radical (unpaired) electrons. The van der Waals surface area contributed by atoms with E-state index in [0.29, 0.717) is 27.6 Å². The number of aromatic nitrogens is 5. The number of hydrogen-bond donors (Lipinski definition) is 3. The first-order chi connectivity index (χ1) is 21.1. The predicted octanol–water partition coefficient (Wildman–Crippen LogP) is 5.49. The Balaban J connectivity index is 1.17. The van der Waals surface area contributed by atoms with Crippen molar-refractivity contribution in [3.8, 4) is 11.3 Å². The van der Waals surface area contributed by atoms with E-state index in [1.807, 2.05) is 10.6 Å². The summed E-state index contributed by atoms with van der Waals surface area (Å²) in [4.78, 5) is 43.1. The Morgan fingerprint density at radius 3 is 2.43 bits per heavy atom.